The molecule has 0 saturated carbocycles. The summed E-state index contributed by atoms with van der Waals surface area (Å²) in [7, 11) is 0. The van der Waals surface area contributed by atoms with Crippen LogP contribution in [0, 0.1) is 0 Å². The van der Waals surface area contributed by atoms with Crippen LogP contribution in [0.3, 0.4) is 0 Å². The zero-order valence-electron chi connectivity index (χ0n) is 9.94. The first-order chi connectivity index (χ1) is 8.83. The normalized spacial score (nSPS) is 17.7. The molecule has 0 bridgehead atoms. The van der Waals surface area contributed by atoms with Crippen molar-refractivity contribution in [2.24, 2.45) is 0 Å². The van der Waals surface area contributed by atoms with Crippen LogP contribution < -0.4 is 20.1 Å². The Morgan fingerprint density at radius 2 is 2.00 bits per heavy atom. The van der Waals surface area contributed by atoms with Crippen molar-refractivity contribution < 1.29 is 9.47 Å². The molecule has 0 aromatic heterocycles. The van der Waals surface area contributed by atoms with Crippen molar-refractivity contribution in [1.82, 2.24) is 10.2 Å². The van der Waals surface area contributed by atoms with Gasteiger partial charge in [-0.3, -0.25) is 0 Å². The fourth-order valence-corrected chi connectivity index (χ4v) is 2.35. The van der Waals surface area contributed by atoms with E-state index in [2.05, 4.69) is 15.5 Å². The predicted molar refractivity (Wildman–Crippen MR) is 73.2 cm³/mol. The average Bonchev–Trinajstić information content (AvgIpc) is 2.87. The molecule has 0 unspecified atom stereocenters. The van der Waals surface area contributed by atoms with E-state index in [1.807, 2.05) is 18.2 Å². The van der Waals surface area contributed by atoms with Crippen molar-refractivity contribution in [2.45, 2.75) is 0 Å². The van der Waals surface area contributed by atoms with Gasteiger partial charge in [-0.2, -0.15) is 0 Å². The number of benzene rings is 1. The van der Waals surface area contributed by atoms with Crippen LogP contribution >= 0.6 is 12.2 Å². The van der Waals surface area contributed by atoms with E-state index in [0.717, 1.165) is 48.5 Å². The highest BCUT2D eigenvalue weighted by Gasteiger charge is 2.16. The quantitative estimate of drug-likeness (QED) is 0.739. The highest BCUT2D eigenvalue weighted by molar-refractivity contribution is 7.80. The lowest BCUT2D eigenvalue weighted by Crippen LogP contribution is -2.47. The van der Waals surface area contributed by atoms with Gasteiger partial charge in [0.2, 0.25) is 6.79 Å². The van der Waals surface area contributed by atoms with Gasteiger partial charge in [-0.25, -0.2) is 0 Å². The molecule has 2 heterocycles. The Bertz CT molecular complexity index is 461. The van der Waals surface area contributed by atoms with Crippen molar-refractivity contribution in [2.75, 3.05) is 38.3 Å². The van der Waals surface area contributed by atoms with Gasteiger partial charge in [-0.05, 0) is 24.4 Å². The number of fused-ring (bicyclic) bond motifs is 1. The summed E-state index contributed by atoms with van der Waals surface area (Å²) in [5, 5.41) is 7.30. The topological polar surface area (TPSA) is 45.8 Å². The monoisotopic (exact) mass is 265 g/mol. The molecule has 3 rings (SSSR count). The van der Waals surface area contributed by atoms with Crippen LogP contribution in [-0.2, 0) is 0 Å². The minimum Gasteiger partial charge on any atom is -0.454 e. The largest absolute Gasteiger partial charge is 0.454 e. The average molecular weight is 265 g/mol. The minimum absolute atomic E-state index is 0.293. The van der Waals surface area contributed by atoms with Gasteiger partial charge in [0.1, 0.15) is 0 Å². The molecule has 2 aliphatic rings. The summed E-state index contributed by atoms with van der Waals surface area (Å²) in [5.74, 6) is 1.55. The van der Waals surface area contributed by atoms with Gasteiger partial charge in [0, 0.05) is 37.9 Å². The van der Waals surface area contributed by atoms with Crippen molar-refractivity contribution in [1.29, 1.82) is 0 Å². The lowest BCUT2D eigenvalue weighted by molar-refractivity contribution is 0.174. The van der Waals surface area contributed by atoms with Crippen LogP contribution in [0.2, 0.25) is 0 Å². The van der Waals surface area contributed by atoms with E-state index >= 15 is 0 Å². The number of nitrogens with zero attached hydrogens (tertiary/aromatic N) is 1. The van der Waals surface area contributed by atoms with Gasteiger partial charge in [0.05, 0.1) is 0 Å². The second-order valence-corrected chi connectivity index (χ2v) is 4.62. The van der Waals surface area contributed by atoms with Crippen molar-refractivity contribution >= 4 is 23.0 Å². The third-order valence-corrected chi connectivity index (χ3v) is 3.39. The molecule has 1 aromatic rings. The number of ether oxygens (including phenoxy) is 2. The predicted octanol–water partition coefficient (Wildman–Crippen LogP) is 1.02. The minimum atomic E-state index is 0.293. The number of anilines is 1. The number of piperazine rings is 1. The summed E-state index contributed by atoms with van der Waals surface area (Å²) in [6.07, 6.45) is 0. The van der Waals surface area contributed by atoms with Crippen molar-refractivity contribution in [3.63, 3.8) is 0 Å². The van der Waals surface area contributed by atoms with Crippen LogP contribution in [0.1, 0.15) is 0 Å². The molecular weight excluding hydrogens is 250 g/mol. The molecule has 2 N–H and O–H groups in total. The van der Waals surface area contributed by atoms with Crippen LogP contribution in [0.25, 0.3) is 0 Å². The molecule has 0 spiro atoms. The summed E-state index contributed by atoms with van der Waals surface area (Å²) in [6.45, 7) is 4.12. The second-order valence-electron chi connectivity index (χ2n) is 4.24. The molecular formula is C12H15N3O2S. The summed E-state index contributed by atoms with van der Waals surface area (Å²) < 4.78 is 10.6. The fourth-order valence-electron chi connectivity index (χ4n) is 2.04. The maximum Gasteiger partial charge on any atom is 0.231 e. The second kappa shape index (κ2) is 4.99. The van der Waals surface area contributed by atoms with E-state index in [1.54, 1.807) is 0 Å². The van der Waals surface area contributed by atoms with Gasteiger partial charge in [-0.15, -0.1) is 0 Å². The van der Waals surface area contributed by atoms with Crippen molar-refractivity contribution in [3.05, 3.63) is 18.2 Å². The Kier molecular flexibility index (Phi) is 3.21. The molecule has 0 atom stereocenters. The van der Waals surface area contributed by atoms with Crippen LogP contribution in [0.4, 0.5) is 5.69 Å². The van der Waals surface area contributed by atoms with Gasteiger partial charge >= 0.3 is 0 Å². The summed E-state index contributed by atoms with van der Waals surface area (Å²) in [4.78, 5) is 2.16. The van der Waals surface area contributed by atoms with E-state index in [9.17, 15) is 0 Å². The summed E-state index contributed by atoms with van der Waals surface area (Å²) in [5.41, 5.74) is 0.933. The summed E-state index contributed by atoms with van der Waals surface area (Å²) >= 11 is 5.40. The van der Waals surface area contributed by atoms with E-state index in [4.69, 9.17) is 21.7 Å². The maximum atomic E-state index is 5.40. The zero-order valence-corrected chi connectivity index (χ0v) is 10.8. The molecule has 0 aliphatic carbocycles. The third-order valence-electron chi connectivity index (χ3n) is 3.03. The summed E-state index contributed by atoms with van der Waals surface area (Å²) in [6, 6.07) is 5.75. The Morgan fingerprint density at radius 3 is 2.83 bits per heavy atom. The Labute approximate surface area is 111 Å². The number of nitrogens with one attached hydrogen (secondary N) is 2. The fraction of sp³-hybridized carbons (Fsp3) is 0.417. The number of hydrogen-bond donors (Lipinski definition) is 2. The van der Waals surface area contributed by atoms with Crippen molar-refractivity contribution in [3.8, 4) is 11.5 Å². The first-order valence-electron chi connectivity index (χ1n) is 5.99. The Hall–Kier alpha value is -1.53. The molecule has 1 aromatic carbocycles. The molecule has 1 fully saturated rings. The molecule has 0 amide bonds. The van der Waals surface area contributed by atoms with Gasteiger partial charge in [0.25, 0.3) is 0 Å². The smallest absolute Gasteiger partial charge is 0.231 e. The van der Waals surface area contributed by atoms with Gasteiger partial charge in [0.15, 0.2) is 16.6 Å². The number of rotatable bonds is 1. The SMILES string of the molecule is S=C(Nc1ccc2c(c1)OCO2)N1CCNCC1. The molecule has 1 saturated heterocycles. The van der Waals surface area contributed by atoms with Gasteiger partial charge in [-0.1, -0.05) is 0 Å². The van der Waals surface area contributed by atoms with E-state index in [-0.39, 0.29) is 0 Å². The van der Waals surface area contributed by atoms with E-state index in [1.165, 1.54) is 0 Å². The molecule has 0 radical (unpaired) electrons. The lowest BCUT2D eigenvalue weighted by atomic mass is 10.3. The Balaban J connectivity index is 1.66. The highest BCUT2D eigenvalue weighted by atomic mass is 32.1. The molecule has 96 valence electrons. The van der Waals surface area contributed by atoms with Gasteiger partial charge < -0.3 is 25.0 Å². The number of hydrogen-bond acceptors (Lipinski definition) is 4. The van der Waals surface area contributed by atoms with Crippen LogP contribution in [0.5, 0.6) is 11.5 Å². The Morgan fingerprint density at radius 1 is 1.22 bits per heavy atom. The molecule has 2 aliphatic heterocycles. The maximum absolute atomic E-state index is 5.40. The van der Waals surface area contributed by atoms with E-state index in [0.29, 0.717) is 6.79 Å². The number of thiocarbonyl (C=S) groups is 1. The van der Waals surface area contributed by atoms with E-state index < -0.39 is 0 Å². The molecule has 6 heteroatoms. The first kappa shape index (κ1) is 11.6. The standard InChI is InChI=1S/C12H15N3O2S/c18-12(15-5-3-13-4-6-15)14-9-1-2-10-11(7-9)17-8-16-10/h1-2,7,13H,3-6,8H2,(H,14,18). The van der Waals surface area contributed by atoms with Crippen LogP contribution in [-0.4, -0.2) is 43.0 Å². The lowest BCUT2D eigenvalue weighted by Gasteiger charge is -2.29. The van der Waals surface area contributed by atoms with Crippen LogP contribution in [0.15, 0.2) is 18.2 Å². The highest BCUT2D eigenvalue weighted by Crippen LogP contribution is 2.34. The third kappa shape index (κ3) is 2.34. The molecule has 18 heavy (non-hydrogen) atoms. The zero-order chi connectivity index (χ0) is 12.4. The molecule has 5 nitrogen and oxygen atoms in total. The first-order valence-corrected chi connectivity index (χ1v) is 6.40.